The van der Waals surface area contributed by atoms with E-state index in [0.29, 0.717) is 23.3 Å². The second kappa shape index (κ2) is 7.69. The third-order valence-electron chi connectivity index (χ3n) is 3.18. The number of ether oxygens (including phenoxy) is 2. The van der Waals surface area contributed by atoms with Gasteiger partial charge in [-0.05, 0) is 23.6 Å². The van der Waals surface area contributed by atoms with Crippen molar-refractivity contribution in [3.63, 3.8) is 0 Å². The van der Waals surface area contributed by atoms with Gasteiger partial charge >= 0.3 is 0 Å². The Morgan fingerprint density at radius 1 is 1.35 bits per heavy atom. The van der Waals surface area contributed by atoms with Crippen molar-refractivity contribution in [1.29, 1.82) is 0 Å². The summed E-state index contributed by atoms with van der Waals surface area (Å²) in [6, 6.07) is 2.91. The summed E-state index contributed by atoms with van der Waals surface area (Å²) in [7, 11) is 1.43. The number of hydrogen-bond donors (Lipinski definition) is 1. The highest BCUT2D eigenvalue weighted by Gasteiger charge is 2.16. The maximum absolute atomic E-state index is 14.3. The molecule has 0 unspecified atom stereocenters. The first-order valence-electron chi connectivity index (χ1n) is 7.22. The topological polar surface area (TPSA) is 64.5 Å². The lowest BCUT2D eigenvalue weighted by atomic mass is 10.1. The summed E-state index contributed by atoms with van der Waals surface area (Å²) in [6.45, 7) is 5.95. The second-order valence-corrected chi connectivity index (χ2v) is 4.90. The third-order valence-corrected chi connectivity index (χ3v) is 3.18. The van der Waals surface area contributed by atoms with E-state index in [-0.39, 0.29) is 23.9 Å². The highest BCUT2D eigenvalue weighted by Crippen LogP contribution is 2.32. The standard InChI is InChI=1S/C17H19FN2O3/c1-4-5-23-17-15(22-3)7-14(18)16(20-17)13-6-12(8-19-9-13)11(2)10-21/h6-9,21H,2,4-5,10H2,1,3H3. The number of nitrogens with zero attached hydrogens (tertiary/aromatic N) is 2. The Hall–Kier alpha value is -2.47. The molecule has 1 N–H and O–H groups in total. The zero-order valence-electron chi connectivity index (χ0n) is 13.2. The molecule has 2 aromatic rings. The number of aliphatic hydroxyl groups excluding tert-OH is 1. The van der Waals surface area contributed by atoms with Crippen LogP contribution in [0.3, 0.4) is 0 Å². The lowest BCUT2D eigenvalue weighted by Crippen LogP contribution is -2.03. The molecule has 5 nitrogen and oxygen atoms in total. The molecule has 2 aromatic heterocycles. The molecule has 6 heteroatoms. The SMILES string of the molecule is C=C(CO)c1cncc(-c2nc(OCCC)c(OC)cc2F)c1. The lowest BCUT2D eigenvalue weighted by Gasteiger charge is -2.12. The molecule has 0 radical (unpaired) electrons. The van der Waals surface area contributed by atoms with E-state index in [4.69, 9.17) is 14.6 Å². The number of hydrogen-bond acceptors (Lipinski definition) is 5. The zero-order valence-corrected chi connectivity index (χ0v) is 13.2. The highest BCUT2D eigenvalue weighted by molar-refractivity contribution is 5.70. The van der Waals surface area contributed by atoms with E-state index in [1.54, 1.807) is 12.3 Å². The number of halogens is 1. The molecular weight excluding hydrogens is 299 g/mol. The summed E-state index contributed by atoms with van der Waals surface area (Å²) in [6.07, 6.45) is 3.85. The fourth-order valence-corrected chi connectivity index (χ4v) is 1.96. The van der Waals surface area contributed by atoms with Gasteiger partial charge in [0.05, 0.1) is 20.3 Å². The Morgan fingerprint density at radius 3 is 2.78 bits per heavy atom. The molecule has 0 aromatic carbocycles. The Labute approximate surface area is 134 Å². The van der Waals surface area contributed by atoms with Gasteiger partial charge in [-0.3, -0.25) is 4.98 Å². The van der Waals surface area contributed by atoms with Crippen LogP contribution in [0.2, 0.25) is 0 Å². The first kappa shape index (κ1) is 16.9. The first-order chi connectivity index (χ1) is 11.1. The fourth-order valence-electron chi connectivity index (χ4n) is 1.96. The van der Waals surface area contributed by atoms with Crippen molar-refractivity contribution >= 4 is 5.57 Å². The van der Waals surface area contributed by atoms with Gasteiger partial charge in [-0.2, -0.15) is 0 Å². The largest absolute Gasteiger partial charge is 0.491 e. The van der Waals surface area contributed by atoms with Gasteiger partial charge in [0, 0.05) is 24.0 Å². The van der Waals surface area contributed by atoms with Gasteiger partial charge in [-0.25, -0.2) is 9.37 Å². The molecule has 122 valence electrons. The van der Waals surface area contributed by atoms with Crippen molar-refractivity contribution in [2.24, 2.45) is 0 Å². The molecule has 0 aliphatic rings. The smallest absolute Gasteiger partial charge is 0.257 e. The molecule has 0 bridgehead atoms. The predicted molar refractivity (Wildman–Crippen MR) is 85.9 cm³/mol. The molecule has 23 heavy (non-hydrogen) atoms. The van der Waals surface area contributed by atoms with Crippen LogP contribution in [0.15, 0.2) is 31.1 Å². The van der Waals surface area contributed by atoms with E-state index in [2.05, 4.69) is 16.5 Å². The van der Waals surface area contributed by atoms with Crippen molar-refractivity contribution in [2.75, 3.05) is 20.3 Å². The van der Waals surface area contributed by atoms with Crippen molar-refractivity contribution < 1.29 is 19.0 Å². The minimum Gasteiger partial charge on any atom is -0.491 e. The Balaban J connectivity index is 2.48. The van der Waals surface area contributed by atoms with Crippen LogP contribution in [0.5, 0.6) is 11.6 Å². The monoisotopic (exact) mass is 318 g/mol. The van der Waals surface area contributed by atoms with E-state index in [0.717, 1.165) is 6.42 Å². The van der Waals surface area contributed by atoms with Crippen LogP contribution >= 0.6 is 0 Å². The minimum absolute atomic E-state index is 0.108. The fraction of sp³-hybridized carbons (Fsp3) is 0.294. The van der Waals surface area contributed by atoms with Gasteiger partial charge in [0.25, 0.3) is 5.88 Å². The van der Waals surface area contributed by atoms with Crippen molar-refractivity contribution in [2.45, 2.75) is 13.3 Å². The quantitative estimate of drug-likeness (QED) is 0.850. The molecular formula is C17H19FN2O3. The molecule has 0 spiro atoms. The van der Waals surface area contributed by atoms with Gasteiger partial charge in [0.15, 0.2) is 11.6 Å². The number of pyridine rings is 2. The van der Waals surface area contributed by atoms with Gasteiger partial charge in [-0.15, -0.1) is 0 Å². The molecule has 0 amide bonds. The molecule has 0 fully saturated rings. The van der Waals surface area contributed by atoms with Crippen LogP contribution in [-0.4, -0.2) is 35.4 Å². The number of methoxy groups -OCH3 is 1. The molecule has 0 aliphatic carbocycles. The van der Waals surface area contributed by atoms with E-state index < -0.39 is 5.82 Å². The zero-order chi connectivity index (χ0) is 16.8. The number of aromatic nitrogens is 2. The summed E-state index contributed by atoms with van der Waals surface area (Å²) in [5.74, 6) is -0.0695. The third kappa shape index (κ3) is 3.84. The summed E-state index contributed by atoms with van der Waals surface area (Å²) in [4.78, 5) is 8.28. The normalized spacial score (nSPS) is 10.4. The van der Waals surface area contributed by atoms with Crippen LogP contribution in [0.1, 0.15) is 18.9 Å². The van der Waals surface area contributed by atoms with E-state index in [9.17, 15) is 4.39 Å². The first-order valence-corrected chi connectivity index (χ1v) is 7.22. The van der Waals surface area contributed by atoms with Gasteiger partial charge < -0.3 is 14.6 Å². The summed E-state index contributed by atoms with van der Waals surface area (Å²) in [5.41, 5.74) is 1.70. The van der Waals surface area contributed by atoms with Crippen molar-refractivity contribution in [3.05, 3.63) is 42.5 Å². The second-order valence-electron chi connectivity index (χ2n) is 4.90. The Morgan fingerprint density at radius 2 is 2.13 bits per heavy atom. The molecule has 0 atom stereocenters. The lowest BCUT2D eigenvalue weighted by molar-refractivity contribution is 0.281. The van der Waals surface area contributed by atoms with Crippen LogP contribution in [0.25, 0.3) is 16.8 Å². The van der Waals surface area contributed by atoms with E-state index in [1.807, 2.05) is 6.92 Å². The number of aliphatic hydroxyl groups is 1. The van der Waals surface area contributed by atoms with E-state index in [1.165, 1.54) is 19.4 Å². The van der Waals surface area contributed by atoms with Crippen molar-refractivity contribution in [1.82, 2.24) is 9.97 Å². The molecule has 0 aliphatic heterocycles. The maximum Gasteiger partial charge on any atom is 0.257 e. The van der Waals surface area contributed by atoms with Crippen LogP contribution in [-0.2, 0) is 0 Å². The van der Waals surface area contributed by atoms with E-state index >= 15 is 0 Å². The van der Waals surface area contributed by atoms with Gasteiger partial charge in [0.2, 0.25) is 0 Å². The van der Waals surface area contributed by atoms with Gasteiger partial charge in [0.1, 0.15) is 5.69 Å². The summed E-state index contributed by atoms with van der Waals surface area (Å²) < 4.78 is 25.0. The summed E-state index contributed by atoms with van der Waals surface area (Å²) in [5, 5.41) is 9.16. The molecule has 0 saturated carbocycles. The highest BCUT2D eigenvalue weighted by atomic mass is 19.1. The number of rotatable bonds is 7. The molecule has 2 heterocycles. The van der Waals surface area contributed by atoms with Crippen molar-refractivity contribution in [3.8, 4) is 22.9 Å². The predicted octanol–water partition coefficient (Wildman–Crippen LogP) is 3.09. The van der Waals surface area contributed by atoms with Crippen LogP contribution in [0, 0.1) is 5.82 Å². The maximum atomic E-state index is 14.3. The van der Waals surface area contributed by atoms with Crippen LogP contribution < -0.4 is 9.47 Å². The Bertz CT molecular complexity index is 704. The molecule has 0 saturated heterocycles. The Kier molecular flexibility index (Phi) is 5.65. The average molecular weight is 318 g/mol. The molecule has 2 rings (SSSR count). The minimum atomic E-state index is -0.542. The average Bonchev–Trinajstić information content (AvgIpc) is 2.59. The van der Waals surface area contributed by atoms with Gasteiger partial charge in [-0.1, -0.05) is 13.5 Å². The summed E-state index contributed by atoms with van der Waals surface area (Å²) >= 11 is 0. The van der Waals surface area contributed by atoms with Crippen LogP contribution in [0.4, 0.5) is 4.39 Å².